The van der Waals surface area contributed by atoms with Gasteiger partial charge in [0, 0.05) is 0 Å². The van der Waals surface area contributed by atoms with Crippen molar-refractivity contribution >= 4 is 0 Å². The summed E-state index contributed by atoms with van der Waals surface area (Å²) in [6.45, 7) is 8.40. The number of aliphatic hydroxyl groups excluding tert-OH is 1. The minimum absolute atomic E-state index is 0.0536. The van der Waals surface area contributed by atoms with Crippen LogP contribution in [0.3, 0.4) is 0 Å². The molecule has 0 spiro atoms. The molecule has 4 aliphatic rings. The molecule has 4 saturated carbocycles. The SMILES string of the molecule is CC[C@]1(O)CC[C@@]2(C)[C@H](CCC3[C@@H]4CC[C@H]([C@H](C)[C@@H](O)C(F)(F)F)C4(C)CC[C@@H]32)C1. The van der Waals surface area contributed by atoms with Crippen LogP contribution < -0.4 is 0 Å². The molecule has 2 N–H and O–H groups in total. The predicted octanol–water partition coefficient (Wildman–Crippen LogP) is 6.35. The quantitative estimate of drug-likeness (QED) is 0.548. The molecule has 0 aromatic carbocycles. The summed E-state index contributed by atoms with van der Waals surface area (Å²) >= 11 is 0. The van der Waals surface area contributed by atoms with Gasteiger partial charge in [0.1, 0.15) is 0 Å². The van der Waals surface area contributed by atoms with E-state index in [4.69, 9.17) is 0 Å². The maximum absolute atomic E-state index is 13.2. The fourth-order valence-corrected chi connectivity index (χ4v) is 9.07. The van der Waals surface area contributed by atoms with Crippen LogP contribution in [0, 0.1) is 46.3 Å². The highest BCUT2D eigenvalue weighted by molar-refractivity contribution is 5.11. The number of hydrogen-bond acceptors (Lipinski definition) is 2. The van der Waals surface area contributed by atoms with Crippen molar-refractivity contribution < 1.29 is 23.4 Å². The molecule has 4 fully saturated rings. The van der Waals surface area contributed by atoms with Crippen molar-refractivity contribution in [3.8, 4) is 0 Å². The Morgan fingerprint density at radius 2 is 1.60 bits per heavy atom. The third-order valence-electron chi connectivity index (χ3n) is 11.0. The van der Waals surface area contributed by atoms with Gasteiger partial charge < -0.3 is 10.2 Å². The Bertz CT molecular complexity index is 651. The molecular formula is C25H41F3O2. The van der Waals surface area contributed by atoms with Gasteiger partial charge in [-0.25, -0.2) is 0 Å². The molecule has 0 bridgehead atoms. The van der Waals surface area contributed by atoms with E-state index in [0.717, 1.165) is 64.2 Å². The zero-order valence-electron chi connectivity index (χ0n) is 19.1. The Morgan fingerprint density at radius 3 is 2.23 bits per heavy atom. The monoisotopic (exact) mass is 430 g/mol. The van der Waals surface area contributed by atoms with Crippen LogP contribution in [0.5, 0.6) is 0 Å². The molecular weight excluding hydrogens is 389 g/mol. The number of halogens is 3. The van der Waals surface area contributed by atoms with Crippen LogP contribution in [-0.4, -0.2) is 28.1 Å². The molecule has 0 heterocycles. The third-order valence-corrected chi connectivity index (χ3v) is 11.0. The normalized spacial score (nSPS) is 50.9. The van der Waals surface area contributed by atoms with Gasteiger partial charge in [0.25, 0.3) is 0 Å². The molecule has 2 unspecified atom stereocenters. The predicted molar refractivity (Wildman–Crippen MR) is 112 cm³/mol. The van der Waals surface area contributed by atoms with Crippen molar-refractivity contribution in [3.05, 3.63) is 0 Å². The molecule has 0 aromatic heterocycles. The summed E-state index contributed by atoms with van der Waals surface area (Å²) in [7, 11) is 0. The van der Waals surface area contributed by atoms with E-state index in [1.807, 2.05) is 0 Å². The maximum atomic E-state index is 13.2. The van der Waals surface area contributed by atoms with Crippen molar-refractivity contribution in [2.24, 2.45) is 46.3 Å². The van der Waals surface area contributed by atoms with Crippen molar-refractivity contribution in [1.29, 1.82) is 0 Å². The van der Waals surface area contributed by atoms with Gasteiger partial charge in [-0.2, -0.15) is 13.2 Å². The lowest BCUT2D eigenvalue weighted by Gasteiger charge is -2.62. The Hall–Kier alpha value is -0.290. The molecule has 4 rings (SSSR count). The van der Waals surface area contributed by atoms with Crippen LogP contribution in [0.1, 0.15) is 91.9 Å². The first-order chi connectivity index (χ1) is 13.9. The Labute approximate surface area is 180 Å². The smallest absolute Gasteiger partial charge is 0.390 e. The lowest BCUT2D eigenvalue weighted by Crippen LogP contribution is -2.56. The second kappa shape index (κ2) is 7.37. The van der Waals surface area contributed by atoms with Gasteiger partial charge in [0.15, 0.2) is 6.10 Å². The molecule has 174 valence electrons. The van der Waals surface area contributed by atoms with Gasteiger partial charge >= 0.3 is 6.18 Å². The summed E-state index contributed by atoms with van der Waals surface area (Å²) in [6, 6.07) is 0. The van der Waals surface area contributed by atoms with Gasteiger partial charge in [-0.3, -0.25) is 0 Å². The molecule has 0 amide bonds. The maximum Gasteiger partial charge on any atom is 0.414 e. The van der Waals surface area contributed by atoms with Crippen LogP contribution in [0.4, 0.5) is 13.2 Å². The fraction of sp³-hybridized carbons (Fsp3) is 1.00. The molecule has 4 aliphatic carbocycles. The van der Waals surface area contributed by atoms with Crippen LogP contribution in [-0.2, 0) is 0 Å². The van der Waals surface area contributed by atoms with Crippen molar-refractivity contribution in [2.45, 2.75) is 110 Å². The summed E-state index contributed by atoms with van der Waals surface area (Å²) in [5.74, 6) is 1.49. The summed E-state index contributed by atoms with van der Waals surface area (Å²) in [4.78, 5) is 0. The van der Waals surface area contributed by atoms with E-state index in [1.54, 1.807) is 6.92 Å². The van der Waals surface area contributed by atoms with E-state index in [-0.39, 0.29) is 16.7 Å². The average Bonchev–Trinajstić information content (AvgIpc) is 3.04. The van der Waals surface area contributed by atoms with Crippen molar-refractivity contribution in [1.82, 2.24) is 0 Å². The van der Waals surface area contributed by atoms with E-state index in [0.29, 0.717) is 23.7 Å². The topological polar surface area (TPSA) is 40.5 Å². The van der Waals surface area contributed by atoms with E-state index in [1.165, 1.54) is 0 Å². The standard InChI is InChI=1S/C25H41F3O2/c1-5-24(30)13-12-22(3)16(14-24)6-7-17-19-9-8-18(15(2)21(29)25(26,27)28)23(19,4)11-10-20(17)22/h15-21,29-30H,5-14H2,1-4H3/t15-,16+,17?,18+,19-,20-,21+,22-,23?,24-/m0/s1. The number of rotatable bonds is 3. The molecule has 30 heavy (non-hydrogen) atoms. The van der Waals surface area contributed by atoms with Crippen LogP contribution in [0.15, 0.2) is 0 Å². The van der Waals surface area contributed by atoms with E-state index < -0.39 is 23.8 Å². The summed E-state index contributed by atoms with van der Waals surface area (Å²) < 4.78 is 39.7. The van der Waals surface area contributed by atoms with Crippen LogP contribution in [0.25, 0.3) is 0 Å². The zero-order valence-corrected chi connectivity index (χ0v) is 19.1. The van der Waals surface area contributed by atoms with Gasteiger partial charge in [-0.15, -0.1) is 0 Å². The molecule has 5 heteroatoms. The van der Waals surface area contributed by atoms with Crippen molar-refractivity contribution in [2.75, 3.05) is 0 Å². The van der Waals surface area contributed by atoms with Crippen LogP contribution >= 0.6 is 0 Å². The van der Waals surface area contributed by atoms with E-state index in [2.05, 4.69) is 20.8 Å². The van der Waals surface area contributed by atoms with Gasteiger partial charge in [0.05, 0.1) is 5.60 Å². The molecule has 10 atom stereocenters. The minimum Gasteiger partial charge on any atom is -0.390 e. The van der Waals surface area contributed by atoms with Gasteiger partial charge in [-0.1, -0.05) is 27.7 Å². The minimum atomic E-state index is -4.53. The Balaban J connectivity index is 1.54. The average molecular weight is 431 g/mol. The molecule has 0 aliphatic heterocycles. The zero-order chi connectivity index (χ0) is 22.1. The number of hydrogen-bond donors (Lipinski definition) is 2. The number of alkyl halides is 3. The second-order valence-corrected chi connectivity index (χ2v) is 12.0. The van der Waals surface area contributed by atoms with Gasteiger partial charge in [0.2, 0.25) is 0 Å². The van der Waals surface area contributed by atoms with Gasteiger partial charge in [-0.05, 0) is 111 Å². The number of fused-ring (bicyclic) bond motifs is 5. The van der Waals surface area contributed by atoms with E-state index >= 15 is 0 Å². The lowest BCUT2D eigenvalue weighted by molar-refractivity contribution is -0.228. The molecule has 0 radical (unpaired) electrons. The largest absolute Gasteiger partial charge is 0.414 e. The highest BCUT2D eigenvalue weighted by Gasteiger charge is 2.62. The summed E-state index contributed by atoms with van der Waals surface area (Å²) in [5.41, 5.74) is -0.322. The summed E-state index contributed by atoms with van der Waals surface area (Å²) in [6.07, 6.45) is 3.19. The molecule has 0 saturated heterocycles. The first-order valence-electron chi connectivity index (χ1n) is 12.3. The molecule has 0 aromatic rings. The molecule has 2 nitrogen and oxygen atoms in total. The third kappa shape index (κ3) is 3.36. The highest BCUT2D eigenvalue weighted by Crippen LogP contribution is 2.69. The van der Waals surface area contributed by atoms with Crippen molar-refractivity contribution in [3.63, 3.8) is 0 Å². The fourth-order valence-electron chi connectivity index (χ4n) is 9.07. The Kier molecular flexibility index (Phi) is 5.62. The first kappa shape index (κ1) is 22.9. The Morgan fingerprint density at radius 1 is 0.933 bits per heavy atom. The second-order valence-electron chi connectivity index (χ2n) is 12.0. The van der Waals surface area contributed by atoms with Crippen LogP contribution in [0.2, 0.25) is 0 Å². The highest BCUT2D eigenvalue weighted by atomic mass is 19.4. The first-order valence-corrected chi connectivity index (χ1v) is 12.3. The summed E-state index contributed by atoms with van der Waals surface area (Å²) in [5, 5.41) is 20.9. The van der Waals surface area contributed by atoms with E-state index in [9.17, 15) is 23.4 Å². The number of aliphatic hydroxyl groups is 2. The lowest BCUT2D eigenvalue weighted by atomic mass is 9.43.